The summed E-state index contributed by atoms with van der Waals surface area (Å²) in [6.45, 7) is 4.49. The lowest BCUT2D eigenvalue weighted by Crippen LogP contribution is -2.39. The number of hydrogen-bond acceptors (Lipinski definition) is 5. The van der Waals surface area contributed by atoms with Crippen LogP contribution in [0, 0.1) is 0 Å². The van der Waals surface area contributed by atoms with Crippen molar-refractivity contribution < 1.29 is 9.53 Å². The molecule has 1 amide bonds. The summed E-state index contributed by atoms with van der Waals surface area (Å²) in [4.78, 5) is 18.4. The van der Waals surface area contributed by atoms with Gasteiger partial charge >= 0.3 is 0 Å². The third kappa shape index (κ3) is 2.61. The molecule has 0 bridgehead atoms. The van der Waals surface area contributed by atoms with Crippen molar-refractivity contribution in [2.75, 3.05) is 20.3 Å². The molecule has 118 valence electrons. The monoisotopic (exact) mass is 304 g/mol. The molecule has 0 saturated heterocycles. The molecule has 8 nitrogen and oxygen atoms in total. The first-order chi connectivity index (χ1) is 10.6. The maximum absolute atomic E-state index is 12.6. The zero-order chi connectivity index (χ0) is 15.7. The third-order valence-electron chi connectivity index (χ3n) is 3.83. The molecule has 1 atom stereocenters. The van der Waals surface area contributed by atoms with Crippen molar-refractivity contribution in [2.45, 2.75) is 25.9 Å². The Morgan fingerprint density at radius 3 is 2.91 bits per heavy atom. The molecule has 0 spiro atoms. The first-order valence-corrected chi connectivity index (χ1v) is 7.32. The van der Waals surface area contributed by atoms with E-state index in [-0.39, 0.29) is 17.6 Å². The Morgan fingerprint density at radius 1 is 1.45 bits per heavy atom. The van der Waals surface area contributed by atoms with E-state index in [1.807, 2.05) is 17.8 Å². The Kier molecular flexibility index (Phi) is 3.93. The normalized spacial score (nSPS) is 17.6. The number of carbonyl (C=O) groups is 1. The van der Waals surface area contributed by atoms with E-state index < -0.39 is 0 Å². The third-order valence-corrected chi connectivity index (χ3v) is 3.83. The number of rotatable bonds is 4. The van der Waals surface area contributed by atoms with Gasteiger partial charge in [0.1, 0.15) is 6.33 Å². The van der Waals surface area contributed by atoms with Gasteiger partial charge < -0.3 is 9.64 Å². The minimum absolute atomic E-state index is 0.0780. The second-order valence-electron chi connectivity index (χ2n) is 5.48. The summed E-state index contributed by atoms with van der Waals surface area (Å²) in [7, 11) is 3.41. The lowest BCUT2D eigenvalue weighted by atomic mass is 9.97. The molecule has 2 aromatic heterocycles. The predicted octanol–water partition coefficient (Wildman–Crippen LogP) is 0.417. The van der Waals surface area contributed by atoms with Crippen LogP contribution in [-0.4, -0.2) is 55.6 Å². The van der Waals surface area contributed by atoms with Gasteiger partial charge in [-0.25, -0.2) is 4.98 Å². The average Bonchev–Trinajstić information content (AvgIpc) is 3.12. The van der Waals surface area contributed by atoms with E-state index in [2.05, 4.69) is 15.2 Å². The number of hydrogen-bond donors (Lipinski definition) is 0. The second-order valence-corrected chi connectivity index (χ2v) is 5.48. The fourth-order valence-corrected chi connectivity index (χ4v) is 2.79. The zero-order valence-corrected chi connectivity index (χ0v) is 13.1. The van der Waals surface area contributed by atoms with Gasteiger partial charge in [0.05, 0.1) is 12.3 Å². The Labute approximate surface area is 128 Å². The Balaban J connectivity index is 1.87. The van der Waals surface area contributed by atoms with Crippen LogP contribution in [0.4, 0.5) is 0 Å². The fourth-order valence-electron chi connectivity index (χ4n) is 2.79. The molecule has 2 aromatic rings. The highest BCUT2D eigenvalue weighted by molar-refractivity contribution is 5.90. The summed E-state index contributed by atoms with van der Waals surface area (Å²) in [5, 5.41) is 8.70. The van der Waals surface area contributed by atoms with Gasteiger partial charge in [-0.15, -0.1) is 5.10 Å². The van der Waals surface area contributed by atoms with Crippen LogP contribution in [0.15, 0.2) is 12.5 Å². The number of carbonyl (C=O) groups excluding carboxylic acids is 1. The fraction of sp³-hybridized carbons (Fsp3) is 0.571. The van der Waals surface area contributed by atoms with Gasteiger partial charge in [0, 0.05) is 51.5 Å². The molecule has 1 aliphatic heterocycles. The molecular weight excluding hydrogens is 284 g/mol. The SMILES string of the molecule is CCn1cc2c(n1)[C@H](COC)CN(C(=O)c1ncn(C)n1)C2. The predicted molar refractivity (Wildman–Crippen MR) is 78.3 cm³/mol. The van der Waals surface area contributed by atoms with E-state index in [1.54, 1.807) is 19.1 Å². The number of methoxy groups -OCH3 is 1. The van der Waals surface area contributed by atoms with Gasteiger partial charge in [0.25, 0.3) is 5.91 Å². The summed E-state index contributed by atoms with van der Waals surface area (Å²) < 4.78 is 8.73. The Morgan fingerprint density at radius 2 is 2.27 bits per heavy atom. The van der Waals surface area contributed by atoms with Crippen molar-refractivity contribution >= 4 is 5.91 Å². The van der Waals surface area contributed by atoms with Crippen LogP contribution in [0.25, 0.3) is 0 Å². The van der Waals surface area contributed by atoms with E-state index >= 15 is 0 Å². The molecule has 1 aliphatic rings. The second kappa shape index (κ2) is 5.88. The molecule has 0 saturated carbocycles. The van der Waals surface area contributed by atoms with E-state index in [0.29, 0.717) is 19.7 Å². The van der Waals surface area contributed by atoms with Crippen LogP contribution >= 0.6 is 0 Å². The quantitative estimate of drug-likeness (QED) is 0.818. The largest absolute Gasteiger partial charge is 0.384 e. The number of amides is 1. The maximum Gasteiger partial charge on any atom is 0.293 e. The zero-order valence-electron chi connectivity index (χ0n) is 13.1. The van der Waals surface area contributed by atoms with Crippen LogP contribution in [-0.2, 0) is 24.9 Å². The number of aromatic nitrogens is 5. The van der Waals surface area contributed by atoms with Crippen LogP contribution in [0.2, 0.25) is 0 Å². The lowest BCUT2D eigenvalue weighted by molar-refractivity contribution is 0.0666. The van der Waals surface area contributed by atoms with E-state index in [0.717, 1.165) is 17.8 Å². The Bertz CT molecular complexity index is 677. The summed E-state index contributed by atoms with van der Waals surface area (Å²) in [6, 6.07) is 0. The molecule has 22 heavy (non-hydrogen) atoms. The lowest BCUT2D eigenvalue weighted by Gasteiger charge is -2.30. The minimum Gasteiger partial charge on any atom is -0.384 e. The molecule has 0 fully saturated rings. The molecule has 0 unspecified atom stereocenters. The molecule has 3 heterocycles. The summed E-state index contributed by atoms with van der Waals surface area (Å²) >= 11 is 0. The van der Waals surface area contributed by atoms with E-state index in [4.69, 9.17) is 4.74 Å². The summed E-state index contributed by atoms with van der Waals surface area (Å²) in [5.41, 5.74) is 2.10. The van der Waals surface area contributed by atoms with Gasteiger partial charge in [-0.05, 0) is 6.92 Å². The average molecular weight is 304 g/mol. The number of fused-ring (bicyclic) bond motifs is 1. The highest BCUT2D eigenvalue weighted by Crippen LogP contribution is 2.28. The van der Waals surface area contributed by atoms with Gasteiger partial charge in [0.2, 0.25) is 5.82 Å². The molecule has 0 aliphatic carbocycles. The van der Waals surface area contributed by atoms with Gasteiger partial charge in [0.15, 0.2) is 0 Å². The maximum atomic E-state index is 12.6. The van der Waals surface area contributed by atoms with Gasteiger partial charge in [-0.1, -0.05) is 0 Å². The highest BCUT2D eigenvalue weighted by atomic mass is 16.5. The van der Waals surface area contributed by atoms with Crippen molar-refractivity contribution in [3.05, 3.63) is 29.6 Å². The number of aryl methyl sites for hydroxylation is 2. The highest BCUT2D eigenvalue weighted by Gasteiger charge is 2.32. The summed E-state index contributed by atoms with van der Waals surface area (Å²) in [6.07, 6.45) is 3.54. The summed E-state index contributed by atoms with van der Waals surface area (Å²) in [5.74, 6) is 0.149. The molecule has 0 N–H and O–H groups in total. The molecular formula is C14H20N6O2. The minimum atomic E-state index is -0.156. The van der Waals surface area contributed by atoms with Crippen molar-refractivity contribution in [1.82, 2.24) is 29.4 Å². The Hall–Kier alpha value is -2.22. The molecule has 0 radical (unpaired) electrons. The van der Waals surface area contributed by atoms with Gasteiger partial charge in [-0.2, -0.15) is 5.10 Å². The van der Waals surface area contributed by atoms with Gasteiger partial charge in [-0.3, -0.25) is 14.2 Å². The van der Waals surface area contributed by atoms with Crippen molar-refractivity contribution in [2.24, 2.45) is 7.05 Å². The standard InChI is InChI=1S/C14H20N6O2/c1-4-20-7-10-5-19(6-11(8-22-3)12(10)16-20)14(21)13-15-9-18(2)17-13/h7,9,11H,4-6,8H2,1-3H3/t11-/m0/s1. The van der Waals surface area contributed by atoms with Crippen molar-refractivity contribution in [3.63, 3.8) is 0 Å². The van der Waals surface area contributed by atoms with Crippen LogP contribution in [0.5, 0.6) is 0 Å². The van der Waals surface area contributed by atoms with Crippen LogP contribution < -0.4 is 0 Å². The first-order valence-electron chi connectivity index (χ1n) is 7.32. The van der Waals surface area contributed by atoms with E-state index in [9.17, 15) is 4.79 Å². The molecule has 0 aromatic carbocycles. The van der Waals surface area contributed by atoms with Crippen molar-refractivity contribution in [1.29, 1.82) is 0 Å². The number of nitrogens with zero attached hydrogens (tertiary/aromatic N) is 6. The first kappa shape index (κ1) is 14.7. The molecule has 8 heteroatoms. The van der Waals surface area contributed by atoms with Crippen molar-refractivity contribution in [3.8, 4) is 0 Å². The topological polar surface area (TPSA) is 78.1 Å². The van der Waals surface area contributed by atoms with E-state index in [1.165, 1.54) is 11.0 Å². The van der Waals surface area contributed by atoms with Crippen LogP contribution in [0.1, 0.15) is 34.7 Å². The molecule has 3 rings (SSSR count). The van der Waals surface area contributed by atoms with Crippen LogP contribution in [0.3, 0.4) is 0 Å². The smallest absolute Gasteiger partial charge is 0.293 e. The number of ether oxygens (including phenoxy) is 1.